The molecule has 0 aliphatic rings. The minimum atomic E-state index is 0.477. The molecule has 1 rings (SSSR count). The van der Waals surface area contributed by atoms with Crippen LogP contribution >= 0.6 is 23.2 Å². The minimum absolute atomic E-state index is 0.477. The van der Waals surface area contributed by atoms with Crippen molar-refractivity contribution in [2.45, 2.75) is 0 Å². The largest absolute Gasteiger partial charge is 0.491 e. The van der Waals surface area contributed by atoms with Gasteiger partial charge in [-0.3, -0.25) is 0 Å². The number of ether oxygens (including phenoxy) is 1. The van der Waals surface area contributed by atoms with Crippen molar-refractivity contribution in [3.05, 3.63) is 29.3 Å². The fourth-order valence-electron chi connectivity index (χ4n) is 0.710. The molecule has 60 valence electrons. The molecule has 1 nitrogen and oxygen atoms in total. The van der Waals surface area contributed by atoms with E-state index in [1.54, 1.807) is 6.07 Å². The molecule has 0 radical (unpaired) electrons. The topological polar surface area (TPSA) is 9.23 Å². The van der Waals surface area contributed by atoms with Crippen LogP contribution in [0.25, 0.3) is 0 Å². The highest BCUT2D eigenvalue weighted by Gasteiger charge is 1.96. The SMILES string of the molecule is ClCCOc1ccccc1Cl. The Morgan fingerprint density at radius 1 is 1.27 bits per heavy atom. The van der Waals surface area contributed by atoms with E-state index in [4.69, 9.17) is 27.9 Å². The van der Waals surface area contributed by atoms with Gasteiger partial charge in [-0.25, -0.2) is 0 Å². The highest BCUT2D eigenvalue weighted by Crippen LogP contribution is 2.22. The minimum Gasteiger partial charge on any atom is -0.491 e. The molecule has 3 heteroatoms. The first-order valence-electron chi connectivity index (χ1n) is 3.28. The third kappa shape index (κ3) is 2.60. The first kappa shape index (κ1) is 8.69. The standard InChI is InChI=1S/C8H8Cl2O/c9-5-6-11-8-4-2-1-3-7(8)10/h1-4H,5-6H2. The number of hydrogen-bond donors (Lipinski definition) is 0. The van der Waals surface area contributed by atoms with Crippen LogP contribution in [0.1, 0.15) is 0 Å². The van der Waals surface area contributed by atoms with E-state index in [-0.39, 0.29) is 0 Å². The van der Waals surface area contributed by atoms with Gasteiger partial charge >= 0.3 is 0 Å². The lowest BCUT2D eigenvalue weighted by molar-refractivity contribution is 0.343. The second kappa shape index (κ2) is 4.47. The maximum Gasteiger partial charge on any atom is 0.137 e. The van der Waals surface area contributed by atoms with Crippen LogP contribution in [0.5, 0.6) is 5.75 Å². The number of para-hydroxylation sites is 1. The van der Waals surface area contributed by atoms with E-state index >= 15 is 0 Å². The van der Waals surface area contributed by atoms with E-state index in [0.717, 1.165) is 0 Å². The van der Waals surface area contributed by atoms with Crippen molar-refractivity contribution in [1.29, 1.82) is 0 Å². The molecule has 0 spiro atoms. The maximum absolute atomic E-state index is 5.79. The normalized spacial score (nSPS) is 9.64. The van der Waals surface area contributed by atoms with Crippen LogP contribution in [0.15, 0.2) is 24.3 Å². The van der Waals surface area contributed by atoms with E-state index in [9.17, 15) is 0 Å². The fraction of sp³-hybridized carbons (Fsp3) is 0.250. The van der Waals surface area contributed by atoms with Crippen LogP contribution in [0.3, 0.4) is 0 Å². The lowest BCUT2D eigenvalue weighted by atomic mass is 10.3. The summed E-state index contributed by atoms with van der Waals surface area (Å²) in [5, 5.41) is 0.623. The molecule has 0 bridgehead atoms. The predicted molar refractivity (Wildman–Crippen MR) is 47.7 cm³/mol. The summed E-state index contributed by atoms with van der Waals surface area (Å²) in [4.78, 5) is 0. The molecule has 0 fully saturated rings. The highest BCUT2D eigenvalue weighted by atomic mass is 35.5. The zero-order valence-electron chi connectivity index (χ0n) is 5.89. The maximum atomic E-state index is 5.79. The molecule has 11 heavy (non-hydrogen) atoms. The van der Waals surface area contributed by atoms with E-state index in [0.29, 0.717) is 23.3 Å². The van der Waals surface area contributed by atoms with Crippen LogP contribution in [-0.2, 0) is 0 Å². The Morgan fingerprint density at radius 3 is 2.64 bits per heavy atom. The average molecular weight is 191 g/mol. The molecule has 0 amide bonds. The summed E-state index contributed by atoms with van der Waals surface area (Å²) < 4.78 is 5.22. The zero-order valence-corrected chi connectivity index (χ0v) is 7.40. The summed E-state index contributed by atoms with van der Waals surface area (Å²) in [6, 6.07) is 7.32. The average Bonchev–Trinajstić information content (AvgIpc) is 2.03. The number of alkyl halides is 1. The summed E-state index contributed by atoms with van der Waals surface area (Å²) in [6.07, 6.45) is 0. The molecule has 0 aliphatic carbocycles. The summed E-state index contributed by atoms with van der Waals surface area (Å²) >= 11 is 11.2. The third-order valence-electron chi connectivity index (χ3n) is 1.17. The van der Waals surface area contributed by atoms with Crippen LogP contribution in [-0.4, -0.2) is 12.5 Å². The van der Waals surface area contributed by atoms with Gasteiger partial charge in [0.05, 0.1) is 10.9 Å². The van der Waals surface area contributed by atoms with Crippen molar-refractivity contribution in [3.63, 3.8) is 0 Å². The van der Waals surface area contributed by atoms with Gasteiger partial charge in [-0.05, 0) is 12.1 Å². The molecule has 0 aliphatic heterocycles. The van der Waals surface area contributed by atoms with Gasteiger partial charge in [-0.2, -0.15) is 0 Å². The smallest absolute Gasteiger partial charge is 0.137 e. The molecule has 0 atom stereocenters. The zero-order chi connectivity index (χ0) is 8.10. The van der Waals surface area contributed by atoms with Crippen molar-refractivity contribution in [2.24, 2.45) is 0 Å². The Balaban J connectivity index is 2.62. The molecule has 1 aromatic rings. The lowest BCUT2D eigenvalue weighted by Gasteiger charge is -2.04. The second-order valence-electron chi connectivity index (χ2n) is 1.97. The van der Waals surface area contributed by atoms with Gasteiger partial charge < -0.3 is 4.74 Å². The van der Waals surface area contributed by atoms with Crippen LogP contribution in [0.4, 0.5) is 0 Å². The summed E-state index contributed by atoms with van der Waals surface area (Å²) in [5.41, 5.74) is 0. The molecular formula is C8H8Cl2O. The van der Waals surface area contributed by atoms with Crippen molar-refractivity contribution in [1.82, 2.24) is 0 Å². The summed E-state index contributed by atoms with van der Waals surface area (Å²) in [7, 11) is 0. The molecule has 0 heterocycles. The van der Waals surface area contributed by atoms with Gasteiger partial charge in [0, 0.05) is 0 Å². The van der Waals surface area contributed by atoms with Crippen LogP contribution in [0, 0.1) is 0 Å². The molecule has 0 saturated carbocycles. The number of hydrogen-bond acceptors (Lipinski definition) is 1. The quantitative estimate of drug-likeness (QED) is 0.667. The second-order valence-corrected chi connectivity index (χ2v) is 2.75. The Morgan fingerprint density at radius 2 is 2.00 bits per heavy atom. The molecule has 0 aromatic heterocycles. The first-order chi connectivity index (χ1) is 5.34. The van der Waals surface area contributed by atoms with Gasteiger partial charge in [-0.1, -0.05) is 23.7 Å². The fourth-order valence-corrected chi connectivity index (χ4v) is 0.978. The lowest BCUT2D eigenvalue weighted by Crippen LogP contribution is -1.97. The van der Waals surface area contributed by atoms with Gasteiger partial charge in [0.25, 0.3) is 0 Å². The summed E-state index contributed by atoms with van der Waals surface area (Å²) in [6.45, 7) is 0.491. The monoisotopic (exact) mass is 190 g/mol. The first-order valence-corrected chi connectivity index (χ1v) is 4.19. The van der Waals surface area contributed by atoms with Crippen molar-refractivity contribution >= 4 is 23.2 Å². The Hall–Kier alpha value is -0.400. The van der Waals surface area contributed by atoms with E-state index < -0.39 is 0 Å². The van der Waals surface area contributed by atoms with Gasteiger partial charge in [0.1, 0.15) is 12.4 Å². The Kier molecular flexibility index (Phi) is 3.53. The summed E-state index contributed by atoms with van der Waals surface area (Å²) in [5.74, 6) is 1.17. The van der Waals surface area contributed by atoms with E-state index in [1.165, 1.54) is 0 Å². The highest BCUT2D eigenvalue weighted by molar-refractivity contribution is 6.32. The predicted octanol–water partition coefficient (Wildman–Crippen LogP) is 2.96. The molecule has 0 N–H and O–H groups in total. The van der Waals surface area contributed by atoms with Crippen LogP contribution < -0.4 is 4.74 Å². The molecule has 1 aromatic carbocycles. The molecular weight excluding hydrogens is 183 g/mol. The third-order valence-corrected chi connectivity index (χ3v) is 1.64. The Bertz CT molecular complexity index is 225. The Labute approximate surface area is 75.9 Å². The molecule has 0 unspecified atom stereocenters. The van der Waals surface area contributed by atoms with Crippen LogP contribution in [0.2, 0.25) is 5.02 Å². The number of halogens is 2. The van der Waals surface area contributed by atoms with Gasteiger partial charge in [-0.15, -0.1) is 11.6 Å². The van der Waals surface area contributed by atoms with E-state index in [1.807, 2.05) is 18.2 Å². The van der Waals surface area contributed by atoms with E-state index in [2.05, 4.69) is 0 Å². The van der Waals surface area contributed by atoms with Crippen molar-refractivity contribution in [2.75, 3.05) is 12.5 Å². The number of benzene rings is 1. The van der Waals surface area contributed by atoms with Gasteiger partial charge in [0.2, 0.25) is 0 Å². The number of rotatable bonds is 3. The van der Waals surface area contributed by atoms with Crippen molar-refractivity contribution < 1.29 is 4.74 Å². The van der Waals surface area contributed by atoms with Crippen molar-refractivity contribution in [3.8, 4) is 5.75 Å². The molecule has 0 saturated heterocycles. The van der Waals surface area contributed by atoms with Gasteiger partial charge in [0.15, 0.2) is 0 Å².